The number of urea groups is 1. The quantitative estimate of drug-likeness (QED) is 0.756. The van der Waals surface area contributed by atoms with Crippen LogP contribution in [-0.4, -0.2) is 25.0 Å². The third-order valence-corrected chi connectivity index (χ3v) is 3.08. The largest absolute Gasteiger partial charge is 0.338 e. The maximum absolute atomic E-state index is 11.6. The van der Waals surface area contributed by atoms with Gasteiger partial charge in [-0.2, -0.15) is 0 Å². The number of imide groups is 1. The highest BCUT2D eigenvalue weighted by atomic mass is 35.5. The Balaban J connectivity index is 2.34. The molecule has 116 valence electrons. The number of hydrogen-bond donors (Lipinski definition) is 3. The third kappa shape index (κ3) is 7.11. The van der Waals surface area contributed by atoms with Crippen molar-refractivity contribution >= 4 is 23.5 Å². The minimum absolute atomic E-state index is 0.0341. The summed E-state index contributed by atoms with van der Waals surface area (Å²) < 4.78 is 0. The Morgan fingerprint density at radius 3 is 2.57 bits per heavy atom. The van der Waals surface area contributed by atoms with Crippen molar-refractivity contribution in [2.24, 2.45) is 5.92 Å². The van der Waals surface area contributed by atoms with Gasteiger partial charge in [-0.1, -0.05) is 37.6 Å². The third-order valence-electron chi connectivity index (χ3n) is 2.84. The van der Waals surface area contributed by atoms with Gasteiger partial charge in [0.05, 0.1) is 6.54 Å². The van der Waals surface area contributed by atoms with E-state index < -0.39 is 6.03 Å². The van der Waals surface area contributed by atoms with Gasteiger partial charge >= 0.3 is 6.03 Å². The van der Waals surface area contributed by atoms with Gasteiger partial charge in [0.1, 0.15) is 0 Å². The Morgan fingerprint density at radius 2 is 1.95 bits per heavy atom. The van der Waals surface area contributed by atoms with Crippen molar-refractivity contribution in [3.8, 4) is 0 Å². The molecule has 0 fully saturated rings. The van der Waals surface area contributed by atoms with Crippen LogP contribution >= 0.6 is 11.6 Å². The molecule has 1 rings (SSSR count). The standard InChI is InChI=1S/C15H22ClN3O2/c1-10(2)8-18-15(21)19-14(20)9-17-11(3)12-5-4-6-13(16)7-12/h4-7,10-11,17H,8-9H2,1-3H3,(H2,18,19,20,21)/t11-/m0/s1. The smallest absolute Gasteiger partial charge is 0.321 e. The van der Waals surface area contributed by atoms with Crippen LogP contribution in [0.15, 0.2) is 24.3 Å². The number of nitrogens with one attached hydrogen (secondary N) is 3. The predicted octanol–water partition coefficient (Wildman–Crippen LogP) is 2.47. The lowest BCUT2D eigenvalue weighted by molar-refractivity contribution is -0.119. The van der Waals surface area contributed by atoms with Crippen molar-refractivity contribution in [3.63, 3.8) is 0 Å². The minimum Gasteiger partial charge on any atom is -0.338 e. The number of carbonyl (C=O) groups excluding carboxylic acids is 2. The highest BCUT2D eigenvalue weighted by molar-refractivity contribution is 6.30. The number of hydrogen-bond acceptors (Lipinski definition) is 3. The molecule has 3 N–H and O–H groups in total. The van der Waals surface area contributed by atoms with Gasteiger partial charge in [-0.05, 0) is 30.5 Å². The summed E-state index contributed by atoms with van der Waals surface area (Å²) in [6.07, 6.45) is 0. The summed E-state index contributed by atoms with van der Waals surface area (Å²) in [5.74, 6) is -0.0306. The summed E-state index contributed by atoms with van der Waals surface area (Å²) in [7, 11) is 0. The van der Waals surface area contributed by atoms with E-state index in [1.54, 1.807) is 6.07 Å². The van der Waals surface area contributed by atoms with Crippen molar-refractivity contribution in [2.45, 2.75) is 26.8 Å². The van der Waals surface area contributed by atoms with Crippen molar-refractivity contribution in [1.29, 1.82) is 0 Å². The van der Waals surface area contributed by atoms with E-state index in [4.69, 9.17) is 11.6 Å². The van der Waals surface area contributed by atoms with E-state index >= 15 is 0 Å². The maximum atomic E-state index is 11.6. The summed E-state index contributed by atoms with van der Waals surface area (Å²) in [6.45, 7) is 6.48. The second kappa shape index (κ2) is 8.64. The predicted molar refractivity (Wildman–Crippen MR) is 84.2 cm³/mol. The lowest BCUT2D eigenvalue weighted by Gasteiger charge is -2.14. The molecule has 0 aliphatic heterocycles. The fourth-order valence-corrected chi connectivity index (χ4v) is 1.85. The molecule has 0 unspecified atom stereocenters. The van der Waals surface area contributed by atoms with Crippen molar-refractivity contribution in [1.82, 2.24) is 16.0 Å². The van der Waals surface area contributed by atoms with Gasteiger partial charge in [-0.25, -0.2) is 4.79 Å². The molecule has 0 aliphatic carbocycles. The molecular formula is C15H22ClN3O2. The molecule has 21 heavy (non-hydrogen) atoms. The van der Waals surface area contributed by atoms with Crippen LogP contribution in [-0.2, 0) is 4.79 Å². The Morgan fingerprint density at radius 1 is 1.24 bits per heavy atom. The van der Waals surface area contributed by atoms with Crippen LogP contribution in [0.5, 0.6) is 0 Å². The normalized spacial score (nSPS) is 12.0. The van der Waals surface area contributed by atoms with Crippen LogP contribution in [0.2, 0.25) is 5.02 Å². The molecule has 0 aliphatic rings. The van der Waals surface area contributed by atoms with E-state index in [0.717, 1.165) is 5.56 Å². The summed E-state index contributed by atoms with van der Waals surface area (Å²) in [5, 5.41) is 8.60. The molecule has 0 saturated heterocycles. The molecule has 0 radical (unpaired) electrons. The van der Waals surface area contributed by atoms with E-state index in [1.807, 2.05) is 39.0 Å². The average Bonchev–Trinajstić information content (AvgIpc) is 2.42. The van der Waals surface area contributed by atoms with Gasteiger partial charge in [0.25, 0.3) is 0 Å². The van der Waals surface area contributed by atoms with Crippen LogP contribution in [0.3, 0.4) is 0 Å². The lowest BCUT2D eigenvalue weighted by atomic mass is 10.1. The molecule has 1 aromatic carbocycles. The van der Waals surface area contributed by atoms with Gasteiger partial charge in [0, 0.05) is 17.6 Å². The molecule has 5 nitrogen and oxygen atoms in total. The first-order valence-corrected chi connectivity index (χ1v) is 7.32. The minimum atomic E-state index is -0.467. The van der Waals surface area contributed by atoms with Gasteiger partial charge < -0.3 is 10.6 Å². The summed E-state index contributed by atoms with van der Waals surface area (Å²) in [4.78, 5) is 23.1. The number of rotatable bonds is 6. The molecule has 0 spiro atoms. The summed E-state index contributed by atoms with van der Waals surface area (Å²) in [6, 6.07) is 6.92. The highest BCUT2D eigenvalue weighted by Crippen LogP contribution is 2.16. The van der Waals surface area contributed by atoms with Gasteiger partial charge in [-0.3, -0.25) is 10.1 Å². The Bertz CT molecular complexity index is 492. The van der Waals surface area contributed by atoms with E-state index in [0.29, 0.717) is 17.5 Å². The van der Waals surface area contributed by atoms with E-state index in [1.165, 1.54) is 0 Å². The topological polar surface area (TPSA) is 70.2 Å². The zero-order valence-corrected chi connectivity index (χ0v) is 13.3. The molecule has 0 aromatic heterocycles. The second-order valence-corrected chi connectivity index (χ2v) is 5.75. The second-order valence-electron chi connectivity index (χ2n) is 5.31. The average molecular weight is 312 g/mol. The number of halogens is 1. The number of carbonyl (C=O) groups is 2. The molecule has 1 atom stereocenters. The van der Waals surface area contributed by atoms with Crippen LogP contribution in [0.25, 0.3) is 0 Å². The number of benzene rings is 1. The lowest BCUT2D eigenvalue weighted by Crippen LogP contribution is -2.44. The van der Waals surface area contributed by atoms with Gasteiger partial charge in [0.2, 0.25) is 5.91 Å². The van der Waals surface area contributed by atoms with Gasteiger partial charge in [-0.15, -0.1) is 0 Å². The molecule has 1 aromatic rings. The Hall–Kier alpha value is -1.59. The Kier molecular flexibility index (Phi) is 7.19. The van der Waals surface area contributed by atoms with E-state index in [2.05, 4.69) is 16.0 Å². The molecule has 6 heteroatoms. The molecular weight excluding hydrogens is 290 g/mol. The fraction of sp³-hybridized carbons (Fsp3) is 0.467. The van der Waals surface area contributed by atoms with Crippen LogP contribution in [0.1, 0.15) is 32.4 Å². The monoisotopic (exact) mass is 311 g/mol. The first kappa shape index (κ1) is 17.5. The highest BCUT2D eigenvalue weighted by Gasteiger charge is 2.10. The van der Waals surface area contributed by atoms with E-state index in [-0.39, 0.29) is 18.5 Å². The summed E-state index contributed by atoms with van der Waals surface area (Å²) >= 11 is 5.92. The zero-order valence-electron chi connectivity index (χ0n) is 12.6. The molecule has 0 bridgehead atoms. The summed E-state index contributed by atoms with van der Waals surface area (Å²) in [5.41, 5.74) is 0.986. The maximum Gasteiger partial charge on any atom is 0.321 e. The molecule has 3 amide bonds. The van der Waals surface area contributed by atoms with E-state index in [9.17, 15) is 9.59 Å². The van der Waals surface area contributed by atoms with Crippen molar-refractivity contribution in [2.75, 3.05) is 13.1 Å². The van der Waals surface area contributed by atoms with Crippen LogP contribution in [0, 0.1) is 5.92 Å². The molecule has 0 heterocycles. The molecule has 0 saturated carbocycles. The fourth-order valence-electron chi connectivity index (χ4n) is 1.65. The number of amides is 3. The van der Waals surface area contributed by atoms with Crippen molar-refractivity contribution < 1.29 is 9.59 Å². The Labute approximate surface area is 130 Å². The first-order valence-electron chi connectivity index (χ1n) is 6.95. The van der Waals surface area contributed by atoms with Gasteiger partial charge in [0.15, 0.2) is 0 Å². The van der Waals surface area contributed by atoms with Crippen molar-refractivity contribution in [3.05, 3.63) is 34.9 Å². The zero-order chi connectivity index (χ0) is 15.8. The first-order chi connectivity index (χ1) is 9.88. The SMILES string of the molecule is CC(C)CNC(=O)NC(=O)CN[C@@H](C)c1cccc(Cl)c1. The van der Waals surface area contributed by atoms with Crippen LogP contribution < -0.4 is 16.0 Å². The van der Waals surface area contributed by atoms with Crippen LogP contribution in [0.4, 0.5) is 4.79 Å².